The maximum Gasteiger partial charge on any atom is 0.273 e. The van der Waals surface area contributed by atoms with Crippen molar-refractivity contribution in [3.05, 3.63) is 28.3 Å². The number of thiazole rings is 1. The third kappa shape index (κ3) is 5.17. The summed E-state index contributed by atoms with van der Waals surface area (Å²) >= 11 is 1.30. The molecule has 9 nitrogen and oxygen atoms in total. The fourth-order valence-corrected chi connectivity index (χ4v) is 5.35. The number of nitrogens with zero attached hydrogens (tertiary/aromatic N) is 4. The predicted molar refractivity (Wildman–Crippen MR) is 125 cm³/mol. The van der Waals surface area contributed by atoms with Crippen molar-refractivity contribution >= 4 is 38.6 Å². The summed E-state index contributed by atoms with van der Waals surface area (Å²) in [6.45, 7) is 1.97. The molecule has 2 aromatic rings. The van der Waals surface area contributed by atoms with Gasteiger partial charge in [0.1, 0.15) is 17.6 Å². The molecule has 0 atom stereocenters. The molecule has 10 heteroatoms. The number of carbonyl (C=O) groups is 2. The Labute approximate surface area is 190 Å². The fraction of sp³-hybridized carbons (Fsp3) is 0.591. The largest absolute Gasteiger partial charge is 0.359 e. The molecule has 0 aromatic carbocycles. The molecule has 0 bridgehead atoms. The standard InChI is InChI=1S/C22H30N6O3S/c1-23-20(30)16-8-11-27(12-9-16)22-26-19-18(32-22)21(31)28(14-25-19)13-17(29)24-10-7-15-5-3-2-4-6-15/h5,14,16H,2-4,6-13H2,1H3,(H,23,30)(H,24,29). The summed E-state index contributed by atoms with van der Waals surface area (Å²) in [4.78, 5) is 48.0. The number of aromatic nitrogens is 3. The predicted octanol–water partition coefficient (Wildman–Crippen LogP) is 1.82. The van der Waals surface area contributed by atoms with Gasteiger partial charge in [-0.2, -0.15) is 4.98 Å². The molecule has 2 aromatic heterocycles. The van der Waals surface area contributed by atoms with Crippen molar-refractivity contribution in [3.63, 3.8) is 0 Å². The van der Waals surface area contributed by atoms with Gasteiger partial charge in [0, 0.05) is 32.6 Å². The van der Waals surface area contributed by atoms with Crippen LogP contribution in [0.4, 0.5) is 5.13 Å². The number of hydrogen-bond acceptors (Lipinski definition) is 7. The second-order valence-corrected chi connectivity index (χ2v) is 9.39. The van der Waals surface area contributed by atoms with E-state index in [2.05, 4.69) is 31.6 Å². The summed E-state index contributed by atoms with van der Waals surface area (Å²) in [7, 11) is 1.66. The summed E-state index contributed by atoms with van der Waals surface area (Å²) in [5, 5.41) is 6.36. The maximum atomic E-state index is 12.9. The molecule has 2 aliphatic rings. The molecule has 0 saturated carbocycles. The van der Waals surface area contributed by atoms with E-state index < -0.39 is 0 Å². The quantitative estimate of drug-likeness (QED) is 0.613. The van der Waals surface area contributed by atoms with Crippen LogP contribution in [0, 0.1) is 5.92 Å². The van der Waals surface area contributed by atoms with Crippen LogP contribution < -0.4 is 21.1 Å². The van der Waals surface area contributed by atoms with E-state index in [1.807, 2.05) is 0 Å². The lowest BCUT2D eigenvalue weighted by Crippen LogP contribution is -2.39. The highest BCUT2D eigenvalue weighted by Gasteiger charge is 2.26. The van der Waals surface area contributed by atoms with Crippen molar-refractivity contribution in [2.75, 3.05) is 31.6 Å². The molecule has 0 unspecified atom stereocenters. The van der Waals surface area contributed by atoms with Gasteiger partial charge >= 0.3 is 0 Å². The Morgan fingerprint density at radius 1 is 1.25 bits per heavy atom. The zero-order chi connectivity index (χ0) is 22.5. The minimum atomic E-state index is -0.246. The molecule has 1 saturated heterocycles. The molecule has 172 valence electrons. The highest BCUT2D eigenvalue weighted by Crippen LogP contribution is 2.29. The van der Waals surface area contributed by atoms with E-state index in [0.717, 1.165) is 37.2 Å². The Balaban J connectivity index is 1.36. The average Bonchev–Trinajstić information content (AvgIpc) is 3.26. The molecular formula is C22H30N6O3S. The minimum Gasteiger partial charge on any atom is -0.359 e. The zero-order valence-corrected chi connectivity index (χ0v) is 19.2. The molecule has 0 radical (unpaired) electrons. The first-order valence-electron chi connectivity index (χ1n) is 11.3. The first-order valence-corrected chi connectivity index (χ1v) is 12.1. The minimum absolute atomic E-state index is 0.0221. The number of amides is 2. The van der Waals surface area contributed by atoms with Gasteiger partial charge in [0.05, 0.1) is 0 Å². The smallest absolute Gasteiger partial charge is 0.273 e. The van der Waals surface area contributed by atoms with Crippen molar-refractivity contribution in [2.45, 2.75) is 51.5 Å². The van der Waals surface area contributed by atoms with E-state index in [1.165, 1.54) is 40.6 Å². The SMILES string of the molecule is CNC(=O)C1CCN(c2nc3ncn(CC(=O)NCCC4=CCCCC4)c(=O)c3s2)CC1. The molecule has 2 N–H and O–H groups in total. The number of piperidine rings is 1. The van der Waals surface area contributed by atoms with Gasteiger partial charge in [0.2, 0.25) is 11.8 Å². The van der Waals surface area contributed by atoms with Crippen molar-refractivity contribution in [1.29, 1.82) is 0 Å². The number of carbonyl (C=O) groups excluding carboxylic acids is 2. The fourth-order valence-electron chi connectivity index (χ4n) is 4.32. The van der Waals surface area contributed by atoms with Crippen LogP contribution in [0.2, 0.25) is 0 Å². The molecule has 4 rings (SSSR count). The van der Waals surface area contributed by atoms with Crippen LogP contribution in [-0.4, -0.2) is 53.0 Å². The van der Waals surface area contributed by atoms with E-state index in [-0.39, 0.29) is 29.8 Å². The van der Waals surface area contributed by atoms with Crippen molar-refractivity contribution < 1.29 is 9.59 Å². The highest BCUT2D eigenvalue weighted by molar-refractivity contribution is 7.22. The second kappa shape index (κ2) is 10.2. The van der Waals surface area contributed by atoms with Gasteiger partial charge in [-0.25, -0.2) is 4.98 Å². The van der Waals surface area contributed by atoms with Crippen LogP contribution in [0.5, 0.6) is 0 Å². The normalized spacial score (nSPS) is 17.3. The van der Waals surface area contributed by atoms with Gasteiger partial charge in [-0.15, -0.1) is 0 Å². The third-order valence-electron chi connectivity index (χ3n) is 6.22. The molecule has 2 amide bonds. The number of nitrogens with one attached hydrogen (secondary N) is 2. The van der Waals surface area contributed by atoms with Crippen LogP contribution >= 0.6 is 11.3 Å². The van der Waals surface area contributed by atoms with Crippen molar-refractivity contribution in [2.24, 2.45) is 5.92 Å². The average molecular weight is 459 g/mol. The van der Waals surface area contributed by atoms with Gasteiger partial charge in [0.15, 0.2) is 10.8 Å². The topological polar surface area (TPSA) is 109 Å². The lowest BCUT2D eigenvalue weighted by Gasteiger charge is -2.30. The Morgan fingerprint density at radius 2 is 2.06 bits per heavy atom. The molecule has 3 heterocycles. The summed E-state index contributed by atoms with van der Waals surface area (Å²) in [6.07, 6.45) is 10.8. The first kappa shape index (κ1) is 22.4. The Morgan fingerprint density at radius 3 is 2.78 bits per heavy atom. The first-order chi connectivity index (χ1) is 15.5. The van der Waals surface area contributed by atoms with E-state index in [0.29, 0.717) is 30.0 Å². The van der Waals surface area contributed by atoms with Crippen LogP contribution in [0.3, 0.4) is 0 Å². The van der Waals surface area contributed by atoms with Gasteiger partial charge in [-0.05, 0) is 44.9 Å². The Kier molecular flexibility index (Phi) is 7.19. The van der Waals surface area contributed by atoms with Gasteiger partial charge in [-0.1, -0.05) is 23.0 Å². The lowest BCUT2D eigenvalue weighted by molar-refractivity contribution is -0.125. The van der Waals surface area contributed by atoms with Gasteiger partial charge < -0.3 is 15.5 Å². The molecule has 1 fully saturated rings. The monoisotopic (exact) mass is 458 g/mol. The number of allylic oxidation sites excluding steroid dienone is 1. The van der Waals surface area contributed by atoms with Crippen LogP contribution in [0.1, 0.15) is 44.9 Å². The van der Waals surface area contributed by atoms with Crippen LogP contribution in [0.25, 0.3) is 10.3 Å². The van der Waals surface area contributed by atoms with Gasteiger partial charge in [0.25, 0.3) is 5.56 Å². The summed E-state index contributed by atoms with van der Waals surface area (Å²) in [5.41, 5.74) is 1.57. The maximum absolute atomic E-state index is 12.9. The number of fused-ring (bicyclic) bond motifs is 1. The van der Waals surface area contributed by atoms with E-state index in [9.17, 15) is 14.4 Å². The highest BCUT2D eigenvalue weighted by atomic mass is 32.1. The second-order valence-electron chi connectivity index (χ2n) is 8.41. The van der Waals surface area contributed by atoms with Crippen LogP contribution in [0.15, 0.2) is 22.8 Å². The van der Waals surface area contributed by atoms with E-state index in [4.69, 9.17) is 0 Å². The molecule has 0 spiro atoms. The van der Waals surface area contributed by atoms with E-state index in [1.54, 1.807) is 7.05 Å². The Bertz CT molecular complexity index is 1070. The lowest BCUT2D eigenvalue weighted by atomic mass is 9.96. The number of anilines is 1. The van der Waals surface area contributed by atoms with Gasteiger partial charge in [-0.3, -0.25) is 19.0 Å². The summed E-state index contributed by atoms with van der Waals surface area (Å²) < 4.78 is 1.80. The van der Waals surface area contributed by atoms with Crippen molar-refractivity contribution in [1.82, 2.24) is 25.2 Å². The molecule has 1 aliphatic heterocycles. The third-order valence-corrected chi connectivity index (χ3v) is 7.32. The van der Waals surface area contributed by atoms with Crippen molar-refractivity contribution in [3.8, 4) is 0 Å². The van der Waals surface area contributed by atoms with Crippen LogP contribution in [-0.2, 0) is 16.1 Å². The summed E-state index contributed by atoms with van der Waals surface area (Å²) in [5.74, 6) is -0.0909. The molecule has 1 aliphatic carbocycles. The Hall–Kier alpha value is -2.75. The van der Waals surface area contributed by atoms with E-state index >= 15 is 0 Å². The molecular weight excluding hydrogens is 428 g/mol. The zero-order valence-electron chi connectivity index (χ0n) is 18.4. The molecule has 32 heavy (non-hydrogen) atoms. The summed E-state index contributed by atoms with van der Waals surface area (Å²) in [6, 6.07) is 0. The number of rotatable bonds is 7. The number of hydrogen-bond donors (Lipinski definition) is 2.